The second-order valence-electron chi connectivity index (χ2n) is 13.2. The Bertz CT molecular complexity index is 1780. The van der Waals surface area contributed by atoms with Gasteiger partial charge in [-0.05, 0) is 87.8 Å². The van der Waals surface area contributed by atoms with Crippen molar-refractivity contribution in [2.75, 3.05) is 4.72 Å². The van der Waals surface area contributed by atoms with Crippen molar-refractivity contribution in [3.63, 3.8) is 0 Å². The number of carboxylic acid groups (broad SMARTS) is 1. The molecule has 3 N–H and O–H groups in total. The van der Waals surface area contributed by atoms with Crippen molar-refractivity contribution in [1.29, 1.82) is 0 Å². The summed E-state index contributed by atoms with van der Waals surface area (Å²) in [7, 11) is -4.18. The third-order valence-electron chi connectivity index (χ3n) is 7.34. The Morgan fingerprint density at radius 3 is 2.26 bits per heavy atom. The summed E-state index contributed by atoms with van der Waals surface area (Å²) in [6, 6.07) is 13.1. The van der Waals surface area contributed by atoms with Gasteiger partial charge in [0.05, 0.1) is 41.2 Å². The first kappa shape index (κ1) is 35.4. The number of ether oxygens (including phenoxy) is 1. The molecule has 0 fully saturated rings. The predicted molar refractivity (Wildman–Crippen MR) is 182 cm³/mol. The highest BCUT2D eigenvalue weighted by molar-refractivity contribution is 7.92. The van der Waals surface area contributed by atoms with E-state index in [9.17, 15) is 18.3 Å². The Hall–Kier alpha value is -4.42. The van der Waals surface area contributed by atoms with Crippen molar-refractivity contribution in [2.45, 2.75) is 91.3 Å². The molecule has 0 aliphatic heterocycles. The van der Waals surface area contributed by atoms with Gasteiger partial charge >= 0.3 is 5.97 Å². The number of carboxylic acids is 1. The molecule has 0 amide bonds. The minimum absolute atomic E-state index is 0.0356. The van der Waals surface area contributed by atoms with E-state index in [1.807, 2.05) is 52.0 Å². The van der Waals surface area contributed by atoms with Crippen LogP contribution in [0.3, 0.4) is 0 Å². The number of benzene rings is 2. The van der Waals surface area contributed by atoms with Crippen LogP contribution in [0.15, 0.2) is 65.8 Å². The summed E-state index contributed by atoms with van der Waals surface area (Å²) in [6.07, 6.45) is 5.52. The number of anilines is 1. The lowest BCUT2D eigenvalue weighted by Gasteiger charge is -2.27. The van der Waals surface area contributed by atoms with Crippen molar-refractivity contribution in [2.24, 2.45) is 5.41 Å². The third-order valence-corrected chi connectivity index (χ3v) is 8.67. The molecule has 12 heteroatoms. The summed E-state index contributed by atoms with van der Waals surface area (Å²) in [5.41, 5.74) is 4.05. The smallest absolute Gasteiger partial charge is 0.335 e. The molecular weight excluding hydrogens is 616 g/mol. The van der Waals surface area contributed by atoms with Gasteiger partial charge in [-0.25, -0.2) is 37.9 Å². The van der Waals surface area contributed by atoms with E-state index in [-0.39, 0.29) is 34.0 Å². The molecule has 2 heterocycles. The molecule has 1 unspecified atom stereocenters. The van der Waals surface area contributed by atoms with Gasteiger partial charge in [-0.2, -0.15) is 0 Å². The Morgan fingerprint density at radius 1 is 0.979 bits per heavy atom. The quantitative estimate of drug-likeness (QED) is 0.139. The maximum absolute atomic E-state index is 13.4. The van der Waals surface area contributed by atoms with E-state index in [0.29, 0.717) is 42.3 Å². The van der Waals surface area contributed by atoms with Crippen LogP contribution in [-0.4, -0.2) is 51.6 Å². The van der Waals surface area contributed by atoms with Crippen LogP contribution in [0.25, 0.3) is 11.3 Å². The fraction of sp³-hybridized carbons (Fsp3) is 0.400. The molecule has 0 spiro atoms. The Labute approximate surface area is 277 Å². The van der Waals surface area contributed by atoms with E-state index in [2.05, 4.69) is 50.7 Å². The van der Waals surface area contributed by atoms with E-state index in [4.69, 9.17) is 4.74 Å². The summed E-state index contributed by atoms with van der Waals surface area (Å²) in [5.74, 6) is -0.0273. The Kier molecular flexibility index (Phi) is 11.3. The average molecular weight is 661 g/mol. The molecule has 11 nitrogen and oxygen atoms in total. The van der Waals surface area contributed by atoms with Crippen LogP contribution in [0.5, 0.6) is 5.75 Å². The molecule has 4 rings (SSSR count). The van der Waals surface area contributed by atoms with Crippen LogP contribution >= 0.6 is 0 Å². The first-order valence-electron chi connectivity index (χ1n) is 15.6. The Morgan fingerprint density at radius 2 is 1.64 bits per heavy atom. The van der Waals surface area contributed by atoms with Crippen LogP contribution in [0.1, 0.15) is 80.5 Å². The highest BCUT2D eigenvalue weighted by Crippen LogP contribution is 2.29. The van der Waals surface area contributed by atoms with Gasteiger partial charge in [-0.15, -0.1) is 0 Å². The molecule has 2 aromatic carbocycles. The molecule has 47 heavy (non-hydrogen) atoms. The van der Waals surface area contributed by atoms with Gasteiger partial charge in [0.2, 0.25) is 5.95 Å². The van der Waals surface area contributed by atoms with Gasteiger partial charge < -0.3 is 15.2 Å². The Balaban J connectivity index is 1.62. The topological polar surface area (TPSA) is 156 Å². The predicted octanol–water partition coefficient (Wildman–Crippen LogP) is 6.36. The van der Waals surface area contributed by atoms with E-state index in [0.717, 1.165) is 29.2 Å². The zero-order chi connectivity index (χ0) is 34.4. The summed E-state index contributed by atoms with van der Waals surface area (Å²) >= 11 is 0. The standard InChI is InChI=1S/C35H44N6O5S/c1-22(2)46-28-19-37-31(38-20-28)21-36-27(18-35(5,6)7)15-14-26-17-30(32-23(3)10-8-11-24(32)4)40-34(39-26)41-47(44,45)29-13-9-12-25(16-29)33(42)43/h8-13,16-17,19-20,22,27,36H,14-15,18,21H2,1-7H3,(H,42,43)(H,39,40,41). The molecule has 250 valence electrons. The maximum Gasteiger partial charge on any atom is 0.335 e. The van der Waals surface area contributed by atoms with Crippen molar-refractivity contribution < 1.29 is 23.1 Å². The van der Waals surface area contributed by atoms with Crippen LogP contribution in [-0.2, 0) is 23.0 Å². The van der Waals surface area contributed by atoms with Gasteiger partial charge in [0.15, 0.2) is 5.75 Å². The van der Waals surface area contributed by atoms with Crippen molar-refractivity contribution in [3.8, 4) is 17.0 Å². The van der Waals surface area contributed by atoms with Crippen LogP contribution in [0.4, 0.5) is 5.95 Å². The second-order valence-corrected chi connectivity index (χ2v) is 14.8. The fourth-order valence-electron chi connectivity index (χ4n) is 5.33. The minimum atomic E-state index is -4.18. The highest BCUT2D eigenvalue weighted by atomic mass is 32.2. The van der Waals surface area contributed by atoms with Crippen LogP contribution in [0, 0.1) is 19.3 Å². The molecule has 0 aliphatic rings. The zero-order valence-corrected chi connectivity index (χ0v) is 28.9. The number of sulfonamides is 1. The number of nitrogens with zero attached hydrogens (tertiary/aromatic N) is 4. The van der Waals surface area contributed by atoms with Gasteiger partial charge in [0, 0.05) is 17.3 Å². The van der Waals surface area contributed by atoms with Gasteiger partial charge in [0.1, 0.15) is 5.82 Å². The number of aromatic carboxylic acids is 1. The van der Waals surface area contributed by atoms with E-state index >= 15 is 0 Å². The summed E-state index contributed by atoms with van der Waals surface area (Å²) < 4.78 is 34.9. The van der Waals surface area contributed by atoms with E-state index in [1.54, 1.807) is 12.4 Å². The normalized spacial score (nSPS) is 12.6. The van der Waals surface area contributed by atoms with Crippen molar-refractivity contribution >= 4 is 21.9 Å². The van der Waals surface area contributed by atoms with Crippen LogP contribution < -0.4 is 14.8 Å². The van der Waals surface area contributed by atoms with Gasteiger partial charge in [-0.1, -0.05) is 45.0 Å². The van der Waals surface area contributed by atoms with Crippen LogP contribution in [0.2, 0.25) is 0 Å². The molecule has 0 saturated heterocycles. The first-order chi connectivity index (χ1) is 22.1. The summed E-state index contributed by atoms with van der Waals surface area (Å²) in [4.78, 5) is 29.4. The number of rotatable bonds is 14. The molecule has 0 saturated carbocycles. The average Bonchev–Trinajstić information content (AvgIpc) is 2.98. The molecule has 4 aromatic rings. The number of nitrogens with one attached hydrogen (secondary N) is 2. The summed E-state index contributed by atoms with van der Waals surface area (Å²) in [5, 5.41) is 13.0. The number of aromatic nitrogens is 4. The maximum atomic E-state index is 13.4. The second kappa shape index (κ2) is 15.0. The molecule has 1 atom stereocenters. The number of hydrogen-bond acceptors (Lipinski definition) is 9. The number of hydrogen-bond donors (Lipinski definition) is 3. The lowest BCUT2D eigenvalue weighted by atomic mass is 9.86. The zero-order valence-electron chi connectivity index (χ0n) is 28.0. The molecule has 2 aromatic heterocycles. The molecule has 0 radical (unpaired) electrons. The lowest BCUT2D eigenvalue weighted by molar-refractivity contribution is 0.0696. The van der Waals surface area contributed by atoms with Crippen molar-refractivity contribution in [3.05, 3.63) is 89.1 Å². The van der Waals surface area contributed by atoms with E-state index < -0.39 is 16.0 Å². The summed E-state index contributed by atoms with van der Waals surface area (Å²) in [6.45, 7) is 14.9. The molecule has 0 aliphatic carbocycles. The van der Waals surface area contributed by atoms with E-state index in [1.165, 1.54) is 18.2 Å². The van der Waals surface area contributed by atoms with Gasteiger partial charge in [0.25, 0.3) is 10.0 Å². The largest absolute Gasteiger partial charge is 0.488 e. The first-order valence-corrected chi connectivity index (χ1v) is 17.1. The number of carbonyl (C=O) groups is 1. The van der Waals surface area contributed by atoms with Gasteiger partial charge in [-0.3, -0.25) is 0 Å². The fourth-order valence-corrected chi connectivity index (χ4v) is 6.32. The lowest BCUT2D eigenvalue weighted by Crippen LogP contribution is -2.33. The minimum Gasteiger partial charge on any atom is -0.488 e. The van der Waals surface area contributed by atoms with Crippen molar-refractivity contribution in [1.82, 2.24) is 25.3 Å². The monoisotopic (exact) mass is 660 g/mol. The number of aryl methyl sites for hydroxylation is 3. The molecular formula is C35H44N6O5S. The molecule has 0 bridgehead atoms. The third kappa shape index (κ3) is 10.3. The highest BCUT2D eigenvalue weighted by Gasteiger charge is 2.22. The SMILES string of the molecule is Cc1cccc(C)c1-c1cc(CCC(CC(C)(C)C)NCc2ncc(OC(C)C)cn2)nc(NS(=O)(=O)c2cccc(C(=O)O)c2)n1.